The van der Waals surface area contributed by atoms with Crippen LogP contribution in [0.3, 0.4) is 0 Å². The van der Waals surface area contributed by atoms with Gasteiger partial charge in [0, 0.05) is 55.7 Å². The number of anilines is 1. The van der Waals surface area contributed by atoms with E-state index in [0.29, 0.717) is 5.92 Å². The standard InChI is InChI=1S/C20H25N5S/c1-16-19(26-15-23-16)14-24-11-17(12-25-10-4-5-18(25)13-24)7-9-22-20-6-2-3-8-21-20/h2-6,8,10,15,17H,7,9,11-14H2,1H3,(H,21,22)/t17-/m1/s1. The Morgan fingerprint density at radius 1 is 1.19 bits per heavy atom. The monoisotopic (exact) mass is 367 g/mol. The maximum Gasteiger partial charge on any atom is 0.125 e. The third kappa shape index (κ3) is 4.14. The minimum Gasteiger partial charge on any atom is -0.370 e. The zero-order valence-corrected chi connectivity index (χ0v) is 16.0. The van der Waals surface area contributed by atoms with Gasteiger partial charge in [-0.1, -0.05) is 6.07 Å². The molecule has 0 spiro atoms. The fraction of sp³-hybridized carbons (Fsp3) is 0.400. The topological polar surface area (TPSA) is 46.0 Å². The molecule has 0 saturated carbocycles. The zero-order chi connectivity index (χ0) is 17.8. The average molecular weight is 368 g/mol. The van der Waals surface area contributed by atoms with Crippen LogP contribution in [0.5, 0.6) is 0 Å². The summed E-state index contributed by atoms with van der Waals surface area (Å²) in [7, 11) is 0. The number of fused-ring (bicyclic) bond motifs is 1. The molecule has 136 valence electrons. The third-order valence-electron chi connectivity index (χ3n) is 5.02. The van der Waals surface area contributed by atoms with E-state index >= 15 is 0 Å². The van der Waals surface area contributed by atoms with Gasteiger partial charge < -0.3 is 9.88 Å². The summed E-state index contributed by atoms with van der Waals surface area (Å²) in [6.07, 6.45) is 5.18. The zero-order valence-electron chi connectivity index (χ0n) is 15.1. The highest BCUT2D eigenvalue weighted by molar-refractivity contribution is 7.09. The van der Waals surface area contributed by atoms with Crippen molar-refractivity contribution in [3.05, 3.63) is 64.5 Å². The Labute approximate surface area is 158 Å². The number of aryl methyl sites for hydroxylation is 1. The van der Waals surface area contributed by atoms with Gasteiger partial charge in [0.05, 0.1) is 11.2 Å². The van der Waals surface area contributed by atoms with Crippen molar-refractivity contribution >= 4 is 17.2 Å². The number of pyridine rings is 1. The largest absolute Gasteiger partial charge is 0.370 e. The second kappa shape index (κ2) is 8.01. The molecule has 0 amide bonds. The molecule has 1 aliphatic heterocycles. The lowest BCUT2D eigenvalue weighted by Crippen LogP contribution is -2.28. The fourth-order valence-electron chi connectivity index (χ4n) is 3.62. The molecule has 3 aromatic heterocycles. The molecule has 4 heterocycles. The summed E-state index contributed by atoms with van der Waals surface area (Å²) in [5.74, 6) is 1.58. The third-order valence-corrected chi connectivity index (χ3v) is 5.94. The van der Waals surface area contributed by atoms with Gasteiger partial charge in [-0.3, -0.25) is 4.90 Å². The summed E-state index contributed by atoms with van der Waals surface area (Å²) in [6.45, 7) is 7.26. The van der Waals surface area contributed by atoms with Crippen molar-refractivity contribution in [2.75, 3.05) is 18.4 Å². The van der Waals surface area contributed by atoms with Gasteiger partial charge in [0.15, 0.2) is 0 Å². The number of nitrogens with zero attached hydrogens (tertiary/aromatic N) is 4. The highest BCUT2D eigenvalue weighted by atomic mass is 32.1. The van der Waals surface area contributed by atoms with Gasteiger partial charge in [0.25, 0.3) is 0 Å². The Morgan fingerprint density at radius 3 is 2.96 bits per heavy atom. The minimum atomic E-state index is 0.619. The highest BCUT2D eigenvalue weighted by Gasteiger charge is 2.22. The number of aromatic nitrogens is 3. The fourth-order valence-corrected chi connectivity index (χ4v) is 4.44. The first-order valence-corrected chi connectivity index (χ1v) is 10.1. The molecule has 0 unspecified atom stereocenters. The predicted molar refractivity (Wildman–Crippen MR) is 106 cm³/mol. The molecule has 0 radical (unpaired) electrons. The minimum absolute atomic E-state index is 0.619. The predicted octanol–water partition coefficient (Wildman–Crippen LogP) is 3.78. The number of thiazole rings is 1. The van der Waals surface area contributed by atoms with Crippen LogP contribution in [0.25, 0.3) is 0 Å². The van der Waals surface area contributed by atoms with Crippen molar-refractivity contribution in [2.24, 2.45) is 5.92 Å². The summed E-state index contributed by atoms with van der Waals surface area (Å²) in [6, 6.07) is 10.4. The van der Waals surface area contributed by atoms with E-state index in [4.69, 9.17) is 0 Å². The Hall–Kier alpha value is -2.18. The molecule has 1 N–H and O–H groups in total. The molecule has 0 aliphatic carbocycles. The van der Waals surface area contributed by atoms with Crippen LogP contribution in [-0.2, 0) is 19.6 Å². The van der Waals surface area contributed by atoms with E-state index in [-0.39, 0.29) is 0 Å². The molecular weight excluding hydrogens is 342 g/mol. The molecule has 3 aromatic rings. The van der Waals surface area contributed by atoms with E-state index in [1.54, 1.807) is 11.3 Å². The summed E-state index contributed by atoms with van der Waals surface area (Å²) in [4.78, 5) is 12.7. The summed E-state index contributed by atoms with van der Waals surface area (Å²) >= 11 is 1.77. The van der Waals surface area contributed by atoms with Crippen molar-refractivity contribution in [1.82, 2.24) is 19.4 Å². The van der Waals surface area contributed by atoms with Gasteiger partial charge in [-0.25, -0.2) is 9.97 Å². The first-order valence-electron chi connectivity index (χ1n) is 9.18. The van der Waals surface area contributed by atoms with E-state index in [9.17, 15) is 0 Å². The molecule has 1 aliphatic rings. The number of hydrogen-bond donors (Lipinski definition) is 1. The molecular formula is C20H25N5S. The SMILES string of the molecule is Cc1ncsc1CN1Cc2cccn2C[C@H](CCNc2ccccn2)C1. The Bertz CT molecular complexity index is 826. The van der Waals surface area contributed by atoms with Crippen LogP contribution < -0.4 is 5.32 Å². The van der Waals surface area contributed by atoms with Crippen LogP contribution in [0.1, 0.15) is 22.7 Å². The van der Waals surface area contributed by atoms with E-state index in [1.807, 2.05) is 29.9 Å². The molecule has 4 rings (SSSR count). The molecule has 0 aromatic carbocycles. The van der Waals surface area contributed by atoms with E-state index < -0.39 is 0 Å². The Morgan fingerprint density at radius 2 is 2.15 bits per heavy atom. The summed E-state index contributed by atoms with van der Waals surface area (Å²) in [5, 5.41) is 3.45. The summed E-state index contributed by atoms with van der Waals surface area (Å²) in [5.41, 5.74) is 4.54. The van der Waals surface area contributed by atoms with Crippen LogP contribution in [0.4, 0.5) is 5.82 Å². The lowest BCUT2D eigenvalue weighted by molar-refractivity contribution is 0.219. The van der Waals surface area contributed by atoms with E-state index in [1.165, 1.54) is 16.3 Å². The highest BCUT2D eigenvalue weighted by Crippen LogP contribution is 2.23. The number of nitrogens with one attached hydrogen (secondary N) is 1. The average Bonchev–Trinajstić information content (AvgIpc) is 3.21. The van der Waals surface area contributed by atoms with Crippen LogP contribution in [0.15, 0.2) is 48.2 Å². The van der Waals surface area contributed by atoms with Gasteiger partial charge in [0.2, 0.25) is 0 Å². The maximum atomic E-state index is 4.41. The number of hydrogen-bond acceptors (Lipinski definition) is 5. The van der Waals surface area contributed by atoms with Crippen molar-refractivity contribution < 1.29 is 0 Å². The first kappa shape index (κ1) is 17.2. The molecule has 0 bridgehead atoms. The van der Waals surface area contributed by atoms with E-state index in [0.717, 1.165) is 45.0 Å². The van der Waals surface area contributed by atoms with Crippen molar-refractivity contribution in [3.8, 4) is 0 Å². The quantitative estimate of drug-likeness (QED) is 0.720. The number of rotatable bonds is 6. The second-order valence-corrected chi connectivity index (χ2v) is 7.92. The van der Waals surface area contributed by atoms with Crippen molar-refractivity contribution in [3.63, 3.8) is 0 Å². The second-order valence-electron chi connectivity index (χ2n) is 6.98. The molecule has 1 atom stereocenters. The lowest BCUT2D eigenvalue weighted by Gasteiger charge is -2.23. The van der Waals surface area contributed by atoms with Gasteiger partial charge >= 0.3 is 0 Å². The lowest BCUT2D eigenvalue weighted by atomic mass is 10.0. The smallest absolute Gasteiger partial charge is 0.125 e. The van der Waals surface area contributed by atoms with Crippen LogP contribution >= 0.6 is 11.3 Å². The van der Waals surface area contributed by atoms with Crippen LogP contribution in [0, 0.1) is 12.8 Å². The van der Waals surface area contributed by atoms with Crippen LogP contribution in [-0.4, -0.2) is 32.5 Å². The van der Waals surface area contributed by atoms with Gasteiger partial charge in [0.1, 0.15) is 5.82 Å². The molecule has 0 saturated heterocycles. The van der Waals surface area contributed by atoms with Crippen LogP contribution in [0.2, 0.25) is 0 Å². The molecule has 6 heteroatoms. The Kier molecular flexibility index (Phi) is 5.32. The maximum absolute atomic E-state index is 4.41. The summed E-state index contributed by atoms with van der Waals surface area (Å²) < 4.78 is 2.42. The van der Waals surface area contributed by atoms with Gasteiger partial charge in [-0.2, -0.15) is 0 Å². The van der Waals surface area contributed by atoms with Crippen molar-refractivity contribution in [1.29, 1.82) is 0 Å². The molecule has 0 fully saturated rings. The molecule has 5 nitrogen and oxygen atoms in total. The normalized spacial score (nSPS) is 17.7. The first-order chi connectivity index (χ1) is 12.8. The van der Waals surface area contributed by atoms with Crippen molar-refractivity contribution in [2.45, 2.75) is 33.0 Å². The Balaban J connectivity index is 1.41. The van der Waals surface area contributed by atoms with Gasteiger partial charge in [-0.05, 0) is 43.5 Å². The van der Waals surface area contributed by atoms with Gasteiger partial charge in [-0.15, -0.1) is 11.3 Å². The van der Waals surface area contributed by atoms with E-state index in [2.05, 4.69) is 50.0 Å². The molecule has 26 heavy (non-hydrogen) atoms.